The maximum atomic E-state index is 13.6. The number of urea groups is 1. The van der Waals surface area contributed by atoms with Gasteiger partial charge in [0.1, 0.15) is 0 Å². The van der Waals surface area contributed by atoms with Gasteiger partial charge in [-0.25, -0.2) is 4.79 Å². The van der Waals surface area contributed by atoms with E-state index in [1.54, 1.807) is 0 Å². The molecule has 180 valence electrons. The summed E-state index contributed by atoms with van der Waals surface area (Å²) in [6.45, 7) is 3.66. The van der Waals surface area contributed by atoms with Crippen molar-refractivity contribution < 1.29 is 9.59 Å². The van der Waals surface area contributed by atoms with E-state index in [-0.39, 0.29) is 11.9 Å². The van der Waals surface area contributed by atoms with Gasteiger partial charge in [0.25, 0.3) is 5.91 Å². The first-order chi connectivity index (χ1) is 17.2. The van der Waals surface area contributed by atoms with Gasteiger partial charge in [-0.05, 0) is 60.6 Å². The second-order valence-electron chi connectivity index (χ2n) is 9.32. The van der Waals surface area contributed by atoms with E-state index in [2.05, 4.69) is 39.8 Å². The van der Waals surface area contributed by atoms with Crippen LogP contribution in [0.5, 0.6) is 0 Å². The zero-order valence-electron chi connectivity index (χ0n) is 20.0. The van der Waals surface area contributed by atoms with Gasteiger partial charge in [0, 0.05) is 44.1 Å². The number of hydrogen-bond acceptors (Lipinski definition) is 3. The molecule has 1 saturated heterocycles. The summed E-state index contributed by atoms with van der Waals surface area (Å²) in [4.78, 5) is 30.4. The molecule has 0 aliphatic carbocycles. The topological polar surface area (TPSA) is 64.7 Å². The largest absolute Gasteiger partial charge is 0.366 e. The summed E-state index contributed by atoms with van der Waals surface area (Å²) in [5.41, 5.74) is 5.93. The number of rotatable bonds is 5. The Labute approximate surface area is 206 Å². The van der Waals surface area contributed by atoms with Crippen molar-refractivity contribution in [3.63, 3.8) is 0 Å². The molecule has 1 fully saturated rings. The van der Waals surface area contributed by atoms with Crippen LogP contribution in [0.1, 0.15) is 46.3 Å². The number of nitrogens with one attached hydrogen (secondary N) is 2. The normalized spacial score (nSPS) is 15.3. The molecule has 2 N–H and O–H groups in total. The molecule has 0 aromatic heterocycles. The average molecular weight is 469 g/mol. The molecule has 0 bridgehead atoms. The zero-order valence-corrected chi connectivity index (χ0v) is 20.0. The monoisotopic (exact) mass is 468 g/mol. The van der Waals surface area contributed by atoms with Crippen LogP contribution in [0.25, 0.3) is 0 Å². The van der Waals surface area contributed by atoms with Crippen LogP contribution in [-0.4, -0.2) is 36.5 Å². The Morgan fingerprint density at radius 3 is 2.34 bits per heavy atom. The minimum atomic E-state index is -0.287. The lowest BCUT2D eigenvalue weighted by atomic mass is 9.98. The number of piperidine rings is 1. The first-order valence-corrected chi connectivity index (χ1v) is 12.5. The van der Waals surface area contributed by atoms with Gasteiger partial charge in [-0.3, -0.25) is 4.79 Å². The van der Waals surface area contributed by atoms with Crippen LogP contribution in [0.2, 0.25) is 0 Å². The van der Waals surface area contributed by atoms with Crippen LogP contribution in [0, 0.1) is 0 Å². The molecule has 0 spiro atoms. The number of nitrogens with zero attached hydrogens (tertiary/aromatic N) is 2. The van der Waals surface area contributed by atoms with Crippen molar-refractivity contribution in [2.75, 3.05) is 29.9 Å². The van der Waals surface area contributed by atoms with Crippen LogP contribution < -0.4 is 15.5 Å². The molecule has 0 saturated carbocycles. The van der Waals surface area contributed by atoms with E-state index in [1.807, 2.05) is 53.4 Å². The third-order valence-corrected chi connectivity index (χ3v) is 6.90. The SMILES string of the molecule is O=C(NCc1ccccc1)Nc1ccc(N2CCc3ccccc3C2)c(C(=O)N2CCCCC2)c1. The van der Waals surface area contributed by atoms with Gasteiger partial charge < -0.3 is 20.4 Å². The number of carbonyl (C=O) groups is 2. The first-order valence-electron chi connectivity index (χ1n) is 12.5. The number of hydrogen-bond donors (Lipinski definition) is 2. The molecule has 2 aliphatic heterocycles. The zero-order chi connectivity index (χ0) is 24.0. The van der Waals surface area contributed by atoms with Crippen LogP contribution >= 0.6 is 0 Å². The highest BCUT2D eigenvalue weighted by atomic mass is 16.2. The highest BCUT2D eigenvalue weighted by molar-refractivity contribution is 6.02. The number of amides is 3. The maximum Gasteiger partial charge on any atom is 0.319 e. The predicted octanol–water partition coefficient (Wildman–Crippen LogP) is 5.20. The quantitative estimate of drug-likeness (QED) is 0.541. The first kappa shape index (κ1) is 23.0. The Kier molecular flexibility index (Phi) is 6.98. The minimum absolute atomic E-state index is 0.0481. The third kappa shape index (κ3) is 5.48. The predicted molar refractivity (Wildman–Crippen MR) is 140 cm³/mol. The second-order valence-corrected chi connectivity index (χ2v) is 9.32. The molecule has 0 atom stereocenters. The molecule has 5 rings (SSSR count). The lowest BCUT2D eigenvalue weighted by Crippen LogP contribution is -2.38. The molecule has 2 aliphatic rings. The summed E-state index contributed by atoms with van der Waals surface area (Å²) in [7, 11) is 0. The molecular weight excluding hydrogens is 436 g/mol. The molecule has 3 amide bonds. The Balaban J connectivity index is 1.37. The lowest BCUT2D eigenvalue weighted by molar-refractivity contribution is 0.0725. The summed E-state index contributed by atoms with van der Waals surface area (Å²) >= 11 is 0. The summed E-state index contributed by atoms with van der Waals surface area (Å²) in [5.74, 6) is 0.0481. The van der Waals surface area contributed by atoms with Crippen LogP contribution in [0.15, 0.2) is 72.8 Å². The molecule has 0 radical (unpaired) electrons. The Morgan fingerprint density at radius 1 is 0.800 bits per heavy atom. The van der Waals surface area contributed by atoms with Crippen molar-refractivity contribution in [3.05, 3.63) is 95.1 Å². The number of anilines is 2. The Morgan fingerprint density at radius 2 is 1.54 bits per heavy atom. The van der Waals surface area contributed by atoms with Gasteiger partial charge in [-0.2, -0.15) is 0 Å². The summed E-state index contributed by atoms with van der Waals surface area (Å²) < 4.78 is 0. The smallest absolute Gasteiger partial charge is 0.319 e. The highest BCUT2D eigenvalue weighted by Crippen LogP contribution is 2.31. The molecule has 6 nitrogen and oxygen atoms in total. The number of likely N-dealkylation sites (tertiary alicyclic amines) is 1. The van der Waals surface area contributed by atoms with Crippen LogP contribution in [0.3, 0.4) is 0 Å². The molecule has 3 aromatic rings. The van der Waals surface area contributed by atoms with Crippen molar-refractivity contribution in [2.24, 2.45) is 0 Å². The Bertz CT molecular complexity index is 1190. The van der Waals surface area contributed by atoms with Gasteiger partial charge in [0.15, 0.2) is 0 Å². The number of fused-ring (bicyclic) bond motifs is 1. The van der Waals surface area contributed by atoms with E-state index in [9.17, 15) is 9.59 Å². The molecule has 6 heteroatoms. The fourth-order valence-corrected chi connectivity index (χ4v) is 4.98. The van der Waals surface area contributed by atoms with E-state index in [4.69, 9.17) is 0 Å². The van der Waals surface area contributed by atoms with Gasteiger partial charge in [0.2, 0.25) is 0 Å². The van der Waals surface area contributed by atoms with E-state index < -0.39 is 0 Å². The lowest BCUT2D eigenvalue weighted by Gasteiger charge is -2.34. The van der Waals surface area contributed by atoms with E-state index in [0.29, 0.717) is 17.8 Å². The molecule has 0 unspecified atom stereocenters. The summed E-state index contributed by atoms with van der Waals surface area (Å²) in [6, 6.07) is 23.7. The summed E-state index contributed by atoms with van der Waals surface area (Å²) in [6.07, 6.45) is 4.20. The van der Waals surface area contributed by atoms with Gasteiger partial charge in [0.05, 0.1) is 5.56 Å². The number of carbonyl (C=O) groups excluding carboxylic acids is 2. The van der Waals surface area contributed by atoms with Crippen molar-refractivity contribution >= 4 is 23.3 Å². The van der Waals surface area contributed by atoms with E-state index in [1.165, 1.54) is 17.5 Å². The summed E-state index contributed by atoms with van der Waals surface area (Å²) in [5, 5.41) is 5.81. The van der Waals surface area contributed by atoms with Crippen molar-refractivity contribution in [3.8, 4) is 0 Å². The highest BCUT2D eigenvalue weighted by Gasteiger charge is 2.25. The minimum Gasteiger partial charge on any atom is -0.366 e. The average Bonchev–Trinajstić information content (AvgIpc) is 2.92. The molecule has 35 heavy (non-hydrogen) atoms. The molecule has 2 heterocycles. The number of benzene rings is 3. The van der Waals surface area contributed by atoms with Crippen LogP contribution in [-0.2, 0) is 19.5 Å². The fourth-order valence-electron chi connectivity index (χ4n) is 4.98. The fraction of sp³-hybridized carbons (Fsp3) is 0.310. The van der Waals surface area contributed by atoms with Crippen molar-refractivity contribution in [1.82, 2.24) is 10.2 Å². The van der Waals surface area contributed by atoms with Gasteiger partial charge in [-0.1, -0.05) is 54.6 Å². The van der Waals surface area contributed by atoms with E-state index in [0.717, 1.165) is 56.7 Å². The maximum absolute atomic E-state index is 13.6. The molecular formula is C29H32N4O2. The van der Waals surface area contributed by atoms with Gasteiger partial charge in [-0.15, -0.1) is 0 Å². The molecule has 3 aromatic carbocycles. The van der Waals surface area contributed by atoms with Crippen molar-refractivity contribution in [2.45, 2.75) is 38.8 Å². The third-order valence-electron chi connectivity index (χ3n) is 6.90. The second kappa shape index (κ2) is 10.6. The standard InChI is InChI=1S/C29H32N4O2/c34-28(32-16-7-2-8-17-32)26-19-25(31-29(35)30-20-22-9-3-1-4-10-22)13-14-27(26)33-18-15-23-11-5-6-12-24(23)21-33/h1,3-6,9-14,19H,2,7-8,15-18,20-21H2,(H2,30,31,35). The van der Waals surface area contributed by atoms with E-state index >= 15 is 0 Å². The Hall–Kier alpha value is -3.80. The van der Waals surface area contributed by atoms with Gasteiger partial charge >= 0.3 is 6.03 Å². The van der Waals surface area contributed by atoms with Crippen LogP contribution in [0.4, 0.5) is 16.2 Å². The van der Waals surface area contributed by atoms with Crippen molar-refractivity contribution in [1.29, 1.82) is 0 Å².